The highest BCUT2D eigenvalue weighted by atomic mass is 16.5. The predicted octanol–water partition coefficient (Wildman–Crippen LogP) is 1.48. The molecule has 4 rings (SSSR count). The van der Waals surface area contributed by atoms with E-state index >= 15 is 0 Å². The first-order valence-corrected chi connectivity index (χ1v) is 8.95. The molecule has 0 amide bonds. The number of hydrogen-bond donors (Lipinski definition) is 2. The number of nitrogens with one attached hydrogen (secondary N) is 1. The number of hydrogen-bond acceptors (Lipinski definition) is 6. The molecule has 2 aliphatic heterocycles. The minimum atomic E-state index is 0.207. The van der Waals surface area contributed by atoms with E-state index in [1.165, 1.54) is 5.82 Å². The first kappa shape index (κ1) is 16.4. The molecule has 1 saturated heterocycles. The summed E-state index contributed by atoms with van der Waals surface area (Å²) in [5.74, 6) is 3.46. The van der Waals surface area contributed by atoms with Gasteiger partial charge >= 0.3 is 0 Å². The van der Waals surface area contributed by atoms with Crippen molar-refractivity contribution in [3.63, 3.8) is 0 Å². The Labute approximate surface area is 147 Å². The highest BCUT2D eigenvalue weighted by Crippen LogP contribution is 2.30. The lowest BCUT2D eigenvalue weighted by molar-refractivity contribution is 0.199. The van der Waals surface area contributed by atoms with Gasteiger partial charge in [-0.1, -0.05) is 6.07 Å². The number of ether oxygens (including phenoxy) is 1. The predicted molar refractivity (Wildman–Crippen MR) is 93.6 cm³/mol. The first-order valence-electron chi connectivity index (χ1n) is 8.95. The van der Waals surface area contributed by atoms with Gasteiger partial charge in [0.2, 0.25) is 0 Å². The van der Waals surface area contributed by atoms with Crippen LogP contribution in [0.5, 0.6) is 11.5 Å². The fourth-order valence-electron chi connectivity index (χ4n) is 3.86. The molecule has 1 aromatic heterocycles. The molecule has 7 nitrogen and oxygen atoms in total. The maximum Gasteiger partial charge on any atom is 0.160 e. The third-order valence-corrected chi connectivity index (χ3v) is 5.25. The average molecular weight is 343 g/mol. The molecular formula is C18H25N5O2. The van der Waals surface area contributed by atoms with Crippen molar-refractivity contribution < 1.29 is 9.84 Å². The second-order valence-electron chi connectivity index (χ2n) is 6.86. The van der Waals surface area contributed by atoms with E-state index < -0.39 is 0 Å². The summed E-state index contributed by atoms with van der Waals surface area (Å²) in [6.45, 7) is 5.73. The van der Waals surface area contributed by atoms with Gasteiger partial charge in [0, 0.05) is 25.6 Å². The van der Waals surface area contributed by atoms with Crippen LogP contribution in [0.2, 0.25) is 0 Å². The molecule has 1 fully saturated rings. The van der Waals surface area contributed by atoms with Crippen LogP contribution in [0, 0.1) is 0 Å². The Morgan fingerprint density at radius 2 is 2.08 bits per heavy atom. The van der Waals surface area contributed by atoms with E-state index in [1.54, 1.807) is 13.2 Å². The van der Waals surface area contributed by atoms with Crippen LogP contribution in [0.25, 0.3) is 0 Å². The Bertz CT molecular complexity index is 737. The normalized spacial score (nSPS) is 18.9. The summed E-state index contributed by atoms with van der Waals surface area (Å²) in [5.41, 5.74) is 1.11. The lowest BCUT2D eigenvalue weighted by Gasteiger charge is -2.32. The number of rotatable bonds is 4. The van der Waals surface area contributed by atoms with Crippen LogP contribution >= 0.6 is 0 Å². The van der Waals surface area contributed by atoms with E-state index in [4.69, 9.17) is 4.74 Å². The highest BCUT2D eigenvalue weighted by molar-refractivity contribution is 5.41. The Hall–Kier alpha value is -2.12. The number of nitrogens with zero attached hydrogens (tertiary/aromatic N) is 4. The van der Waals surface area contributed by atoms with Crippen molar-refractivity contribution in [3.05, 3.63) is 35.4 Å². The van der Waals surface area contributed by atoms with Gasteiger partial charge in [0.05, 0.1) is 13.7 Å². The number of aromatic nitrogens is 3. The van der Waals surface area contributed by atoms with Crippen molar-refractivity contribution >= 4 is 0 Å². The molecular weight excluding hydrogens is 318 g/mol. The van der Waals surface area contributed by atoms with E-state index in [0.717, 1.165) is 63.5 Å². The van der Waals surface area contributed by atoms with Crippen molar-refractivity contribution in [2.45, 2.75) is 38.4 Å². The third-order valence-electron chi connectivity index (χ3n) is 5.25. The van der Waals surface area contributed by atoms with Gasteiger partial charge in [-0.15, -0.1) is 10.2 Å². The summed E-state index contributed by atoms with van der Waals surface area (Å²) in [6.07, 6.45) is 2.21. The molecule has 0 aliphatic carbocycles. The minimum absolute atomic E-state index is 0.207. The van der Waals surface area contributed by atoms with E-state index in [1.807, 2.05) is 12.1 Å². The fourth-order valence-corrected chi connectivity index (χ4v) is 3.86. The van der Waals surface area contributed by atoms with E-state index in [0.29, 0.717) is 11.7 Å². The summed E-state index contributed by atoms with van der Waals surface area (Å²) in [4.78, 5) is 2.44. The summed E-state index contributed by atoms with van der Waals surface area (Å²) in [7, 11) is 1.57. The second-order valence-corrected chi connectivity index (χ2v) is 6.86. The van der Waals surface area contributed by atoms with Crippen LogP contribution in [0.1, 0.15) is 36.0 Å². The number of phenols is 1. The van der Waals surface area contributed by atoms with Crippen molar-refractivity contribution in [1.82, 2.24) is 25.0 Å². The van der Waals surface area contributed by atoms with Crippen LogP contribution < -0.4 is 10.1 Å². The van der Waals surface area contributed by atoms with Crippen LogP contribution in [0.4, 0.5) is 0 Å². The Morgan fingerprint density at radius 1 is 1.24 bits per heavy atom. The molecule has 3 heterocycles. The van der Waals surface area contributed by atoms with E-state index in [9.17, 15) is 5.11 Å². The van der Waals surface area contributed by atoms with Gasteiger partial charge < -0.3 is 19.7 Å². The molecule has 1 aromatic carbocycles. The molecule has 0 unspecified atom stereocenters. The third kappa shape index (κ3) is 3.34. The summed E-state index contributed by atoms with van der Waals surface area (Å²) in [5, 5.41) is 22.1. The fraction of sp³-hybridized carbons (Fsp3) is 0.556. The van der Waals surface area contributed by atoms with Crippen LogP contribution in [-0.4, -0.2) is 51.5 Å². The van der Waals surface area contributed by atoms with Crippen molar-refractivity contribution in [2.75, 3.05) is 26.7 Å². The SMILES string of the molecule is COc1ccc(CN2CCC(c3nnc4n3CCNC4)CC2)cc1O. The zero-order valence-corrected chi connectivity index (χ0v) is 14.6. The zero-order chi connectivity index (χ0) is 17.2. The summed E-state index contributed by atoms with van der Waals surface area (Å²) >= 11 is 0. The minimum Gasteiger partial charge on any atom is -0.504 e. The number of likely N-dealkylation sites (tertiary alicyclic amines) is 1. The monoisotopic (exact) mass is 343 g/mol. The average Bonchev–Trinajstić information content (AvgIpc) is 3.07. The Kier molecular flexibility index (Phi) is 4.59. The molecule has 2 N–H and O–H groups in total. The Morgan fingerprint density at radius 3 is 2.84 bits per heavy atom. The van der Waals surface area contributed by atoms with E-state index in [2.05, 4.69) is 25.0 Å². The zero-order valence-electron chi connectivity index (χ0n) is 14.6. The second kappa shape index (κ2) is 7.01. The van der Waals surface area contributed by atoms with Gasteiger partial charge in [-0.3, -0.25) is 4.90 Å². The quantitative estimate of drug-likeness (QED) is 0.876. The lowest BCUT2D eigenvalue weighted by atomic mass is 9.95. The Balaban J connectivity index is 1.37. The molecule has 0 radical (unpaired) electrons. The number of aromatic hydroxyl groups is 1. The van der Waals surface area contributed by atoms with Gasteiger partial charge in [-0.05, 0) is 43.6 Å². The van der Waals surface area contributed by atoms with Gasteiger partial charge in [-0.25, -0.2) is 0 Å². The standard InChI is InChI=1S/C18H25N5O2/c1-25-16-3-2-13(10-15(16)24)12-22-7-4-14(5-8-22)18-21-20-17-11-19-6-9-23(17)18/h2-3,10,14,19,24H,4-9,11-12H2,1H3. The van der Waals surface area contributed by atoms with Gasteiger partial charge in [0.25, 0.3) is 0 Å². The lowest BCUT2D eigenvalue weighted by Crippen LogP contribution is -2.34. The number of methoxy groups -OCH3 is 1. The molecule has 7 heteroatoms. The number of phenolic OH excluding ortho intramolecular Hbond substituents is 1. The highest BCUT2D eigenvalue weighted by Gasteiger charge is 2.27. The summed E-state index contributed by atoms with van der Waals surface area (Å²) in [6, 6.07) is 5.65. The molecule has 0 atom stereocenters. The number of piperidine rings is 1. The maximum atomic E-state index is 9.93. The molecule has 134 valence electrons. The molecule has 2 aliphatic rings. The van der Waals surface area contributed by atoms with Gasteiger partial charge in [-0.2, -0.15) is 0 Å². The molecule has 0 spiro atoms. The van der Waals surface area contributed by atoms with Crippen LogP contribution in [0.3, 0.4) is 0 Å². The van der Waals surface area contributed by atoms with Crippen LogP contribution in [-0.2, 0) is 19.6 Å². The van der Waals surface area contributed by atoms with Crippen molar-refractivity contribution in [2.24, 2.45) is 0 Å². The van der Waals surface area contributed by atoms with Crippen molar-refractivity contribution in [1.29, 1.82) is 0 Å². The molecule has 25 heavy (non-hydrogen) atoms. The smallest absolute Gasteiger partial charge is 0.160 e. The number of fused-ring (bicyclic) bond motifs is 1. The largest absolute Gasteiger partial charge is 0.504 e. The summed E-state index contributed by atoms with van der Waals surface area (Å²) < 4.78 is 7.41. The number of benzene rings is 1. The molecule has 0 saturated carbocycles. The van der Waals surface area contributed by atoms with E-state index in [-0.39, 0.29) is 5.75 Å². The van der Waals surface area contributed by atoms with Gasteiger partial charge in [0.15, 0.2) is 11.5 Å². The van der Waals surface area contributed by atoms with Gasteiger partial charge in [0.1, 0.15) is 11.6 Å². The molecule has 2 aromatic rings. The first-order chi connectivity index (χ1) is 12.2. The topological polar surface area (TPSA) is 75.4 Å². The molecule has 0 bridgehead atoms. The van der Waals surface area contributed by atoms with Crippen LogP contribution in [0.15, 0.2) is 18.2 Å². The maximum absolute atomic E-state index is 9.93. The van der Waals surface area contributed by atoms with Crippen molar-refractivity contribution in [3.8, 4) is 11.5 Å².